The largest absolute Gasteiger partial charge is 0.394 e. The first-order valence-corrected chi connectivity index (χ1v) is 33.7. The number of amides is 1. The Morgan fingerprint density at radius 2 is 0.766 bits per heavy atom. The molecular weight excluding hydrogens is 959 g/mol. The van der Waals surface area contributed by atoms with Crippen LogP contribution in [0.2, 0.25) is 0 Å². The van der Waals surface area contributed by atoms with Crippen LogP contribution in [0.4, 0.5) is 0 Å². The van der Waals surface area contributed by atoms with Crippen molar-refractivity contribution in [2.24, 2.45) is 0 Å². The van der Waals surface area contributed by atoms with Crippen molar-refractivity contribution in [2.75, 3.05) is 13.2 Å². The molecule has 0 aliphatic carbocycles. The highest BCUT2D eigenvalue weighted by atomic mass is 16.7. The molecule has 7 unspecified atom stereocenters. The molecule has 6 N–H and O–H groups in total. The molecule has 0 spiro atoms. The Morgan fingerprint density at radius 1 is 0.442 bits per heavy atom. The summed E-state index contributed by atoms with van der Waals surface area (Å²) >= 11 is 0. The third-order valence-corrected chi connectivity index (χ3v) is 16.2. The summed E-state index contributed by atoms with van der Waals surface area (Å²) in [6, 6.07) is -0.804. The molecule has 0 bridgehead atoms. The van der Waals surface area contributed by atoms with Gasteiger partial charge in [-0.3, -0.25) is 4.79 Å². The van der Waals surface area contributed by atoms with Crippen LogP contribution >= 0.6 is 0 Å². The maximum atomic E-state index is 13.1. The number of carbonyl (C=O) groups is 1. The van der Waals surface area contributed by atoms with Crippen molar-refractivity contribution in [2.45, 2.75) is 378 Å². The molecule has 0 saturated carbocycles. The van der Waals surface area contributed by atoms with Crippen molar-refractivity contribution in [1.29, 1.82) is 0 Å². The first-order valence-electron chi connectivity index (χ1n) is 33.7. The number of rotatable bonds is 59. The van der Waals surface area contributed by atoms with Gasteiger partial charge in [-0.1, -0.05) is 314 Å². The predicted molar refractivity (Wildman–Crippen MR) is 327 cm³/mol. The summed E-state index contributed by atoms with van der Waals surface area (Å²) < 4.78 is 11.3. The summed E-state index contributed by atoms with van der Waals surface area (Å²) in [6.45, 7) is 3.82. The van der Waals surface area contributed by atoms with Crippen LogP contribution in [0.15, 0.2) is 36.5 Å². The van der Waals surface area contributed by atoms with E-state index >= 15 is 0 Å². The number of nitrogens with one attached hydrogen (secondary N) is 1. The van der Waals surface area contributed by atoms with E-state index in [2.05, 4.69) is 43.5 Å². The van der Waals surface area contributed by atoms with Crippen LogP contribution in [0, 0.1) is 0 Å². The van der Waals surface area contributed by atoms with Gasteiger partial charge < -0.3 is 40.3 Å². The first kappa shape index (κ1) is 73.4. The number of aliphatic hydroxyl groups is 5. The van der Waals surface area contributed by atoms with Crippen LogP contribution in [-0.4, -0.2) is 87.5 Å². The van der Waals surface area contributed by atoms with E-state index in [0.29, 0.717) is 6.42 Å². The van der Waals surface area contributed by atoms with Crippen molar-refractivity contribution < 1.29 is 39.8 Å². The Balaban J connectivity index is 2.13. The summed E-state index contributed by atoms with van der Waals surface area (Å²) in [5.74, 6) is -0.170. The molecule has 0 aromatic heterocycles. The highest BCUT2D eigenvalue weighted by Crippen LogP contribution is 2.23. The van der Waals surface area contributed by atoms with Gasteiger partial charge >= 0.3 is 0 Å². The lowest BCUT2D eigenvalue weighted by Crippen LogP contribution is -2.60. The van der Waals surface area contributed by atoms with Gasteiger partial charge in [-0.05, 0) is 51.4 Å². The molecule has 1 saturated heterocycles. The second-order valence-electron chi connectivity index (χ2n) is 23.6. The van der Waals surface area contributed by atoms with Crippen LogP contribution in [-0.2, 0) is 14.3 Å². The van der Waals surface area contributed by atoms with Gasteiger partial charge in [0.1, 0.15) is 24.4 Å². The Kier molecular flexibility index (Phi) is 55.0. The maximum Gasteiger partial charge on any atom is 0.220 e. The fourth-order valence-corrected chi connectivity index (χ4v) is 10.9. The van der Waals surface area contributed by atoms with Crippen LogP contribution in [0.3, 0.4) is 0 Å². The van der Waals surface area contributed by atoms with E-state index in [4.69, 9.17) is 9.47 Å². The average molecular weight is 1090 g/mol. The highest BCUT2D eigenvalue weighted by molar-refractivity contribution is 5.76. The van der Waals surface area contributed by atoms with Gasteiger partial charge in [-0.15, -0.1) is 0 Å². The Labute approximate surface area is 476 Å². The number of allylic oxidation sites excluding steroid dienone is 5. The summed E-state index contributed by atoms with van der Waals surface area (Å²) in [4.78, 5) is 13.1. The molecule has 1 rings (SSSR count). The Hall–Kier alpha value is -1.59. The predicted octanol–water partition coefficient (Wildman–Crippen LogP) is 17.9. The number of ether oxygens (including phenoxy) is 2. The van der Waals surface area contributed by atoms with Gasteiger partial charge in [0.15, 0.2) is 6.29 Å². The van der Waals surface area contributed by atoms with Crippen molar-refractivity contribution in [3.05, 3.63) is 36.5 Å². The minimum Gasteiger partial charge on any atom is -0.394 e. The number of carbonyl (C=O) groups excluding carboxylic acids is 1. The van der Waals surface area contributed by atoms with Crippen LogP contribution in [0.25, 0.3) is 0 Å². The standard InChI is InChI=1S/C68H129NO8/c1-3-5-7-9-11-13-15-17-19-21-23-25-27-28-29-30-31-32-33-34-36-38-40-42-44-46-48-50-52-54-56-58-64(72)69-61(60-76-68-67(75)66(74)65(73)63(59-70)77-68)62(71)57-55-53-51-49-47-45-43-41-39-37-35-26-24-22-20-18-16-14-12-10-8-6-4-2/h15,17,21,23,55,57,61-63,65-68,70-71,73-75H,3-14,16,18-20,22,24-54,56,58-60H2,1-2H3,(H,69,72)/b17-15-,23-21-,57-55+. The molecule has 1 aliphatic rings. The zero-order chi connectivity index (χ0) is 55.8. The lowest BCUT2D eigenvalue weighted by Gasteiger charge is -2.40. The smallest absolute Gasteiger partial charge is 0.220 e. The molecule has 9 nitrogen and oxygen atoms in total. The molecule has 1 amide bonds. The molecule has 0 aromatic carbocycles. The SMILES string of the molecule is CCCCCCC/C=C\C/C=C\CCCCCCCCCCCCCCCCCCCCCC(=O)NC(COC1OC(CO)C(O)C(O)C1O)C(O)/C=C/CCCCCCCCCCCCCCCCCCCCCCC. The van der Waals surface area contributed by atoms with Gasteiger partial charge in [0.2, 0.25) is 5.91 Å². The Bertz CT molecular complexity index is 1310. The van der Waals surface area contributed by atoms with E-state index in [-0.39, 0.29) is 12.5 Å². The number of hydrogen-bond acceptors (Lipinski definition) is 8. The topological polar surface area (TPSA) is 149 Å². The highest BCUT2D eigenvalue weighted by Gasteiger charge is 2.44. The minimum atomic E-state index is -1.57. The molecule has 1 heterocycles. The van der Waals surface area contributed by atoms with E-state index in [0.717, 1.165) is 44.9 Å². The number of hydrogen-bond donors (Lipinski definition) is 6. The third kappa shape index (κ3) is 46.7. The van der Waals surface area contributed by atoms with Gasteiger partial charge in [0.05, 0.1) is 25.4 Å². The summed E-state index contributed by atoms with van der Waals surface area (Å²) in [7, 11) is 0. The minimum absolute atomic E-state index is 0.170. The van der Waals surface area contributed by atoms with Gasteiger partial charge in [-0.25, -0.2) is 0 Å². The first-order chi connectivity index (χ1) is 37.8. The van der Waals surface area contributed by atoms with E-state index < -0.39 is 49.5 Å². The molecule has 1 fully saturated rings. The fourth-order valence-electron chi connectivity index (χ4n) is 10.9. The zero-order valence-electron chi connectivity index (χ0n) is 50.7. The molecule has 0 aromatic rings. The second-order valence-corrected chi connectivity index (χ2v) is 23.6. The molecule has 0 radical (unpaired) electrons. The van der Waals surface area contributed by atoms with Gasteiger partial charge in [0.25, 0.3) is 0 Å². The van der Waals surface area contributed by atoms with Crippen molar-refractivity contribution in [1.82, 2.24) is 5.32 Å². The van der Waals surface area contributed by atoms with Crippen LogP contribution in [0.5, 0.6) is 0 Å². The number of unbranched alkanes of at least 4 members (excludes halogenated alkanes) is 45. The lowest BCUT2D eigenvalue weighted by atomic mass is 9.99. The molecule has 454 valence electrons. The summed E-state index contributed by atoms with van der Waals surface area (Å²) in [6.07, 6.45) is 69.5. The van der Waals surface area contributed by atoms with E-state index in [1.165, 1.54) is 270 Å². The van der Waals surface area contributed by atoms with E-state index in [1.54, 1.807) is 6.08 Å². The molecule has 9 heteroatoms. The lowest BCUT2D eigenvalue weighted by molar-refractivity contribution is -0.302. The Morgan fingerprint density at radius 3 is 1.12 bits per heavy atom. The third-order valence-electron chi connectivity index (χ3n) is 16.2. The average Bonchev–Trinajstić information content (AvgIpc) is 3.43. The summed E-state index contributed by atoms with van der Waals surface area (Å²) in [5, 5.41) is 54.7. The fraction of sp³-hybridized carbons (Fsp3) is 0.897. The van der Waals surface area contributed by atoms with E-state index in [1.807, 2.05) is 6.08 Å². The van der Waals surface area contributed by atoms with E-state index in [9.17, 15) is 30.3 Å². The number of aliphatic hydroxyl groups excluding tert-OH is 5. The molecule has 1 aliphatic heterocycles. The van der Waals surface area contributed by atoms with Gasteiger partial charge in [0, 0.05) is 6.42 Å². The van der Waals surface area contributed by atoms with Crippen molar-refractivity contribution >= 4 is 5.91 Å². The van der Waals surface area contributed by atoms with Crippen molar-refractivity contribution in [3.8, 4) is 0 Å². The molecule has 77 heavy (non-hydrogen) atoms. The summed E-state index contributed by atoms with van der Waals surface area (Å²) in [5.41, 5.74) is 0. The zero-order valence-corrected chi connectivity index (χ0v) is 50.7. The molecular formula is C68H129NO8. The second kappa shape index (κ2) is 57.6. The van der Waals surface area contributed by atoms with Crippen LogP contribution in [0.1, 0.15) is 335 Å². The maximum absolute atomic E-state index is 13.1. The van der Waals surface area contributed by atoms with Crippen LogP contribution < -0.4 is 5.32 Å². The quantitative estimate of drug-likeness (QED) is 0.0261. The van der Waals surface area contributed by atoms with Gasteiger partial charge in [-0.2, -0.15) is 0 Å². The molecule has 7 atom stereocenters. The normalized spacial score (nSPS) is 18.9. The van der Waals surface area contributed by atoms with Crippen molar-refractivity contribution in [3.63, 3.8) is 0 Å². The monoisotopic (exact) mass is 1090 g/mol.